The summed E-state index contributed by atoms with van der Waals surface area (Å²) in [5, 5.41) is 13.6. The van der Waals surface area contributed by atoms with E-state index in [9.17, 15) is 18.9 Å². The van der Waals surface area contributed by atoms with Crippen LogP contribution in [0.5, 0.6) is 0 Å². The summed E-state index contributed by atoms with van der Waals surface area (Å²) < 4.78 is 27.0. The lowest BCUT2D eigenvalue weighted by atomic mass is 10.1. The van der Waals surface area contributed by atoms with E-state index in [1.807, 2.05) is 0 Å². The average Bonchev–Trinajstić information content (AvgIpc) is 3.19. The summed E-state index contributed by atoms with van der Waals surface area (Å²) in [5.41, 5.74) is -0.768. The molecule has 7 heteroatoms. The van der Waals surface area contributed by atoms with Crippen molar-refractivity contribution < 1.29 is 13.7 Å². The van der Waals surface area contributed by atoms with E-state index < -0.39 is 22.2 Å². The highest BCUT2D eigenvalue weighted by atomic mass is 19.2. The number of nitrogens with one attached hydrogen (secondary N) is 1. The topological polar surface area (TPSA) is 58.4 Å². The van der Waals surface area contributed by atoms with Gasteiger partial charge < -0.3 is 10.2 Å². The zero-order chi connectivity index (χ0) is 15.0. The van der Waals surface area contributed by atoms with E-state index in [4.69, 9.17) is 0 Å². The van der Waals surface area contributed by atoms with Crippen LogP contribution in [0, 0.1) is 27.7 Å². The highest BCUT2D eigenvalue weighted by Gasteiger charge is 2.34. The maximum atomic E-state index is 13.8. The van der Waals surface area contributed by atoms with Crippen LogP contribution in [0.15, 0.2) is 12.1 Å². The number of hydrogen-bond acceptors (Lipinski definition) is 4. The van der Waals surface area contributed by atoms with Crippen LogP contribution in [0.4, 0.5) is 20.2 Å². The van der Waals surface area contributed by atoms with Crippen molar-refractivity contribution in [3.8, 4) is 0 Å². The van der Waals surface area contributed by atoms with Gasteiger partial charge in [0.05, 0.1) is 4.92 Å². The molecule has 1 saturated heterocycles. The van der Waals surface area contributed by atoms with E-state index in [1.54, 1.807) is 0 Å². The van der Waals surface area contributed by atoms with Crippen molar-refractivity contribution in [2.45, 2.75) is 25.3 Å². The van der Waals surface area contributed by atoms with Crippen LogP contribution >= 0.6 is 0 Å². The SMILES string of the molecule is O=[N+]([O-])c1ccc(F)c(F)c1NCC1CCN(C2CC2)C1. The highest BCUT2D eigenvalue weighted by Crippen LogP contribution is 2.33. The van der Waals surface area contributed by atoms with Crippen molar-refractivity contribution in [1.82, 2.24) is 4.90 Å². The van der Waals surface area contributed by atoms with Gasteiger partial charge in [0.1, 0.15) is 0 Å². The fraction of sp³-hybridized carbons (Fsp3) is 0.571. The monoisotopic (exact) mass is 297 g/mol. The molecule has 0 amide bonds. The number of anilines is 1. The Kier molecular flexibility index (Phi) is 3.75. The lowest BCUT2D eigenvalue weighted by Gasteiger charge is -2.16. The first-order chi connectivity index (χ1) is 10.1. The minimum Gasteiger partial charge on any atom is -0.377 e. The molecule has 114 valence electrons. The van der Waals surface area contributed by atoms with Gasteiger partial charge >= 0.3 is 0 Å². The summed E-state index contributed by atoms with van der Waals surface area (Å²) in [6, 6.07) is 2.46. The molecule has 1 heterocycles. The zero-order valence-electron chi connectivity index (χ0n) is 11.5. The first-order valence-corrected chi connectivity index (χ1v) is 7.16. The first-order valence-electron chi connectivity index (χ1n) is 7.16. The quantitative estimate of drug-likeness (QED) is 0.670. The molecule has 1 saturated carbocycles. The molecule has 2 fully saturated rings. The molecule has 1 aromatic rings. The molecular weight excluding hydrogens is 280 g/mol. The third kappa shape index (κ3) is 2.97. The predicted octanol–water partition coefficient (Wildman–Crippen LogP) is 2.77. The minimum absolute atomic E-state index is 0.313. The predicted molar refractivity (Wildman–Crippen MR) is 74.2 cm³/mol. The highest BCUT2D eigenvalue weighted by molar-refractivity contribution is 5.62. The lowest BCUT2D eigenvalue weighted by molar-refractivity contribution is -0.384. The summed E-state index contributed by atoms with van der Waals surface area (Å²) in [6.45, 7) is 2.36. The van der Waals surface area contributed by atoms with Gasteiger partial charge in [-0.25, -0.2) is 8.78 Å². The van der Waals surface area contributed by atoms with Crippen molar-refractivity contribution in [2.75, 3.05) is 25.0 Å². The maximum absolute atomic E-state index is 13.8. The molecule has 2 aliphatic rings. The number of likely N-dealkylation sites (tertiary alicyclic amines) is 1. The van der Waals surface area contributed by atoms with Crippen LogP contribution < -0.4 is 5.32 Å². The van der Waals surface area contributed by atoms with Gasteiger partial charge in [0.2, 0.25) is 0 Å². The standard InChI is InChI=1S/C14H17F2N3O2/c15-11-3-4-12(19(20)21)14(13(11)16)17-7-9-5-6-18(8-9)10-1-2-10/h3-4,9-10,17H,1-2,5-8H2. The minimum atomic E-state index is -1.18. The molecule has 1 aliphatic heterocycles. The number of benzene rings is 1. The largest absolute Gasteiger partial charge is 0.377 e. The van der Waals surface area contributed by atoms with E-state index >= 15 is 0 Å². The van der Waals surface area contributed by atoms with Crippen molar-refractivity contribution in [2.24, 2.45) is 5.92 Å². The van der Waals surface area contributed by atoms with Gasteiger partial charge in [-0.05, 0) is 37.8 Å². The number of hydrogen-bond donors (Lipinski definition) is 1. The first kappa shape index (κ1) is 14.2. The Hall–Kier alpha value is -1.76. The summed E-state index contributed by atoms with van der Waals surface area (Å²) in [6.07, 6.45) is 3.46. The molecule has 0 bridgehead atoms. The normalized spacial score (nSPS) is 22.5. The van der Waals surface area contributed by atoms with E-state index in [0.717, 1.165) is 31.6 Å². The fourth-order valence-electron chi connectivity index (χ4n) is 2.91. The van der Waals surface area contributed by atoms with Gasteiger partial charge in [-0.2, -0.15) is 0 Å². The molecule has 0 radical (unpaired) electrons. The van der Waals surface area contributed by atoms with Gasteiger partial charge in [-0.3, -0.25) is 10.1 Å². The number of halogens is 2. The van der Waals surface area contributed by atoms with Crippen molar-refractivity contribution in [3.05, 3.63) is 33.9 Å². The number of nitrogens with zero attached hydrogens (tertiary/aromatic N) is 2. The summed E-state index contributed by atoms with van der Waals surface area (Å²) in [4.78, 5) is 12.6. The number of nitro benzene ring substituents is 1. The van der Waals surface area contributed by atoms with Crippen molar-refractivity contribution in [1.29, 1.82) is 0 Å². The summed E-state index contributed by atoms with van der Waals surface area (Å²) in [5.74, 6) is -1.94. The van der Waals surface area contributed by atoms with Crippen LogP contribution in [0.1, 0.15) is 19.3 Å². The van der Waals surface area contributed by atoms with Crippen LogP contribution in [0.2, 0.25) is 0 Å². The Balaban J connectivity index is 1.67. The summed E-state index contributed by atoms with van der Waals surface area (Å²) in [7, 11) is 0. The molecule has 1 aromatic carbocycles. The molecule has 1 unspecified atom stereocenters. The Morgan fingerprint density at radius 2 is 2.10 bits per heavy atom. The van der Waals surface area contributed by atoms with Crippen LogP contribution in [0.25, 0.3) is 0 Å². The Morgan fingerprint density at radius 1 is 1.33 bits per heavy atom. The molecule has 1 N–H and O–H groups in total. The Bertz CT molecular complexity index is 563. The van der Waals surface area contributed by atoms with E-state index in [1.165, 1.54) is 12.8 Å². The number of nitro groups is 1. The lowest BCUT2D eigenvalue weighted by Crippen LogP contribution is -2.25. The van der Waals surface area contributed by atoms with Gasteiger partial charge in [0.15, 0.2) is 17.3 Å². The van der Waals surface area contributed by atoms with Crippen molar-refractivity contribution >= 4 is 11.4 Å². The fourth-order valence-corrected chi connectivity index (χ4v) is 2.91. The smallest absolute Gasteiger partial charge is 0.295 e. The second-order valence-electron chi connectivity index (χ2n) is 5.77. The molecule has 0 aromatic heterocycles. The summed E-state index contributed by atoms with van der Waals surface area (Å²) >= 11 is 0. The van der Waals surface area contributed by atoms with Crippen LogP contribution in [-0.2, 0) is 0 Å². The zero-order valence-corrected chi connectivity index (χ0v) is 11.5. The Labute approximate surface area is 121 Å². The van der Waals surface area contributed by atoms with Gasteiger partial charge in [-0.15, -0.1) is 0 Å². The van der Waals surface area contributed by atoms with Gasteiger partial charge in [0, 0.05) is 25.2 Å². The van der Waals surface area contributed by atoms with Gasteiger partial charge in [-0.1, -0.05) is 0 Å². The van der Waals surface area contributed by atoms with Crippen LogP contribution in [0.3, 0.4) is 0 Å². The van der Waals surface area contributed by atoms with Crippen molar-refractivity contribution in [3.63, 3.8) is 0 Å². The molecule has 21 heavy (non-hydrogen) atoms. The second-order valence-corrected chi connectivity index (χ2v) is 5.77. The molecular formula is C14H17F2N3O2. The van der Waals surface area contributed by atoms with E-state index in [0.29, 0.717) is 18.5 Å². The third-order valence-corrected chi connectivity index (χ3v) is 4.22. The van der Waals surface area contributed by atoms with Gasteiger partial charge in [0.25, 0.3) is 5.69 Å². The molecule has 1 aliphatic carbocycles. The number of rotatable bonds is 5. The molecule has 0 spiro atoms. The molecule has 3 rings (SSSR count). The second kappa shape index (κ2) is 5.55. The molecule has 1 atom stereocenters. The molecule has 5 nitrogen and oxygen atoms in total. The maximum Gasteiger partial charge on any atom is 0.295 e. The van der Waals surface area contributed by atoms with E-state index in [2.05, 4.69) is 10.2 Å². The third-order valence-electron chi connectivity index (χ3n) is 4.22. The Morgan fingerprint density at radius 3 is 2.76 bits per heavy atom. The van der Waals surface area contributed by atoms with Crippen LogP contribution in [-0.4, -0.2) is 35.5 Å². The average molecular weight is 297 g/mol. The van der Waals surface area contributed by atoms with E-state index in [-0.39, 0.29) is 5.69 Å².